The number of nitrogens with one attached hydrogen (secondary N) is 2. The Morgan fingerprint density at radius 1 is 1.09 bits per heavy atom. The molecule has 3 aromatic heterocycles. The van der Waals surface area contributed by atoms with E-state index >= 15 is 0 Å². The summed E-state index contributed by atoms with van der Waals surface area (Å²) in [5.74, 6) is -3.57. The van der Waals surface area contributed by atoms with Crippen molar-refractivity contribution in [2.45, 2.75) is 46.1 Å². The van der Waals surface area contributed by atoms with Gasteiger partial charge >= 0.3 is 5.92 Å². The number of hydrogen-bond donors (Lipinski definition) is 2. The van der Waals surface area contributed by atoms with E-state index in [9.17, 15) is 13.6 Å². The summed E-state index contributed by atoms with van der Waals surface area (Å²) in [5.41, 5.74) is 2.79. The van der Waals surface area contributed by atoms with Crippen LogP contribution in [0.4, 0.5) is 26.1 Å². The fourth-order valence-electron chi connectivity index (χ4n) is 3.38. The maximum atomic E-state index is 13.9. The average Bonchev–Trinajstić information content (AvgIpc) is 3.08. The molecule has 0 radical (unpaired) electrons. The fraction of sp³-hybridized carbons (Fsp3) is 0.435. The first-order valence-electron chi connectivity index (χ1n) is 10.7. The molecule has 0 spiro atoms. The molecule has 0 saturated heterocycles. The predicted molar refractivity (Wildman–Crippen MR) is 127 cm³/mol. The molecule has 0 aliphatic carbocycles. The van der Waals surface area contributed by atoms with Gasteiger partial charge in [-0.3, -0.25) is 14.4 Å². The third-order valence-corrected chi connectivity index (χ3v) is 5.62. The van der Waals surface area contributed by atoms with E-state index in [1.807, 2.05) is 27.2 Å². The first kappa shape index (κ1) is 25.2. The number of halogens is 2. The van der Waals surface area contributed by atoms with Crippen LogP contribution in [0.1, 0.15) is 44.9 Å². The molecule has 0 saturated carbocycles. The monoisotopic (exact) mass is 472 g/mol. The molecule has 182 valence electrons. The van der Waals surface area contributed by atoms with E-state index in [4.69, 9.17) is 0 Å². The SMILES string of the molecule is CC(=O)Nc1cc(Nc2cc(C)nc(C(C)(F)F)n2)c(-c2cc(C(C)(C)N(C)C)n(C)n2)cn1. The van der Waals surface area contributed by atoms with Crippen LogP contribution in [0.15, 0.2) is 24.4 Å². The van der Waals surface area contributed by atoms with E-state index in [0.717, 1.165) is 12.6 Å². The van der Waals surface area contributed by atoms with Crippen LogP contribution in [0.2, 0.25) is 0 Å². The van der Waals surface area contributed by atoms with Crippen LogP contribution in [0.5, 0.6) is 0 Å². The standard InChI is InChI=1S/C23H30F2N8O/c1-13-9-20(30-21(27-13)23(5,24)25)29-16-11-19(28-14(2)34)26-12-15(16)17-10-18(33(8)31-17)22(3,4)32(6)7/h9-12H,1-8H3,(H2,26,27,28,29,30,34). The molecular formula is C23H30F2N8O. The smallest absolute Gasteiger partial charge is 0.303 e. The molecular weight excluding hydrogens is 442 g/mol. The van der Waals surface area contributed by atoms with Crippen molar-refractivity contribution in [2.75, 3.05) is 24.7 Å². The Morgan fingerprint density at radius 3 is 2.35 bits per heavy atom. The van der Waals surface area contributed by atoms with E-state index < -0.39 is 11.7 Å². The van der Waals surface area contributed by atoms with Crippen LogP contribution in [-0.4, -0.2) is 49.6 Å². The van der Waals surface area contributed by atoms with Crippen molar-refractivity contribution in [3.63, 3.8) is 0 Å². The highest BCUT2D eigenvalue weighted by Gasteiger charge is 2.30. The van der Waals surface area contributed by atoms with Crippen molar-refractivity contribution in [1.29, 1.82) is 0 Å². The van der Waals surface area contributed by atoms with Gasteiger partial charge < -0.3 is 10.6 Å². The van der Waals surface area contributed by atoms with Crippen LogP contribution >= 0.6 is 0 Å². The summed E-state index contributed by atoms with van der Waals surface area (Å²) in [6.45, 7) is 7.91. The Hall–Kier alpha value is -3.47. The molecule has 0 atom stereocenters. The third kappa shape index (κ3) is 5.36. The summed E-state index contributed by atoms with van der Waals surface area (Å²) in [4.78, 5) is 25.8. The zero-order chi connectivity index (χ0) is 25.4. The number of nitrogens with zero attached hydrogens (tertiary/aromatic N) is 6. The van der Waals surface area contributed by atoms with E-state index in [0.29, 0.717) is 28.5 Å². The molecule has 1 amide bonds. The number of amides is 1. The van der Waals surface area contributed by atoms with Crippen LogP contribution in [0, 0.1) is 6.92 Å². The predicted octanol–water partition coefficient (Wildman–Crippen LogP) is 4.19. The quantitative estimate of drug-likeness (QED) is 0.532. The number of alkyl halides is 2. The van der Waals surface area contributed by atoms with Crippen LogP contribution in [-0.2, 0) is 23.3 Å². The number of carbonyl (C=O) groups excluding carboxylic acids is 1. The lowest BCUT2D eigenvalue weighted by Crippen LogP contribution is -2.37. The molecule has 0 aromatic carbocycles. The second-order valence-electron chi connectivity index (χ2n) is 9.02. The number of carbonyl (C=O) groups is 1. The van der Waals surface area contributed by atoms with Gasteiger partial charge in [0.15, 0.2) is 0 Å². The Kier molecular flexibility index (Phi) is 6.70. The lowest BCUT2D eigenvalue weighted by atomic mass is 9.98. The molecule has 0 fully saturated rings. The molecule has 34 heavy (non-hydrogen) atoms. The maximum Gasteiger partial charge on any atom is 0.303 e. The van der Waals surface area contributed by atoms with Crippen molar-refractivity contribution < 1.29 is 13.6 Å². The summed E-state index contributed by atoms with van der Waals surface area (Å²) < 4.78 is 29.6. The zero-order valence-corrected chi connectivity index (χ0v) is 20.7. The van der Waals surface area contributed by atoms with Gasteiger partial charge in [-0.05, 0) is 40.9 Å². The van der Waals surface area contributed by atoms with Crippen LogP contribution in [0.3, 0.4) is 0 Å². The van der Waals surface area contributed by atoms with Crippen molar-refractivity contribution >= 4 is 23.2 Å². The Morgan fingerprint density at radius 2 is 1.76 bits per heavy atom. The zero-order valence-electron chi connectivity index (χ0n) is 20.7. The third-order valence-electron chi connectivity index (χ3n) is 5.62. The van der Waals surface area contributed by atoms with Crippen molar-refractivity contribution in [3.8, 4) is 11.3 Å². The number of aryl methyl sites for hydroxylation is 2. The van der Waals surface area contributed by atoms with E-state index in [-0.39, 0.29) is 17.3 Å². The van der Waals surface area contributed by atoms with Gasteiger partial charge in [-0.25, -0.2) is 15.0 Å². The number of pyridine rings is 1. The van der Waals surface area contributed by atoms with Gasteiger partial charge in [-0.1, -0.05) is 0 Å². The Bertz CT molecular complexity index is 1210. The first-order chi connectivity index (χ1) is 15.7. The van der Waals surface area contributed by atoms with Crippen LogP contribution < -0.4 is 10.6 Å². The molecule has 11 heteroatoms. The number of aromatic nitrogens is 5. The topological polar surface area (TPSA) is 101 Å². The Labute approximate surface area is 197 Å². The van der Waals surface area contributed by atoms with E-state index in [1.54, 1.807) is 29.9 Å². The van der Waals surface area contributed by atoms with Gasteiger partial charge in [-0.15, -0.1) is 0 Å². The van der Waals surface area contributed by atoms with Gasteiger partial charge in [0.05, 0.1) is 22.6 Å². The molecule has 3 aromatic rings. The number of rotatable bonds is 7. The van der Waals surface area contributed by atoms with Gasteiger partial charge in [0.2, 0.25) is 11.7 Å². The lowest BCUT2D eigenvalue weighted by molar-refractivity contribution is -0.114. The van der Waals surface area contributed by atoms with Crippen molar-refractivity contribution in [1.82, 2.24) is 29.6 Å². The molecule has 0 bridgehead atoms. The fourth-order valence-corrected chi connectivity index (χ4v) is 3.38. The molecule has 2 N–H and O–H groups in total. The second kappa shape index (κ2) is 9.05. The van der Waals surface area contributed by atoms with Crippen molar-refractivity contribution in [2.24, 2.45) is 7.05 Å². The van der Waals surface area contributed by atoms with Gasteiger partial charge in [0.25, 0.3) is 0 Å². The van der Waals surface area contributed by atoms with E-state index in [2.05, 4.69) is 49.4 Å². The molecule has 3 heterocycles. The van der Waals surface area contributed by atoms with Gasteiger partial charge in [-0.2, -0.15) is 13.9 Å². The van der Waals surface area contributed by atoms with Gasteiger partial charge in [0, 0.05) is 50.5 Å². The summed E-state index contributed by atoms with van der Waals surface area (Å²) in [7, 11) is 5.84. The second-order valence-corrected chi connectivity index (χ2v) is 9.02. The minimum Gasteiger partial charge on any atom is -0.339 e. The molecule has 9 nitrogen and oxygen atoms in total. The minimum absolute atomic E-state index is 0.190. The normalized spacial score (nSPS) is 12.2. The highest BCUT2D eigenvalue weighted by atomic mass is 19.3. The van der Waals surface area contributed by atoms with Crippen LogP contribution in [0.25, 0.3) is 11.3 Å². The number of hydrogen-bond acceptors (Lipinski definition) is 7. The van der Waals surface area contributed by atoms with Crippen molar-refractivity contribution in [3.05, 3.63) is 41.6 Å². The summed E-state index contributed by atoms with van der Waals surface area (Å²) in [6, 6.07) is 5.14. The van der Waals surface area contributed by atoms with E-state index in [1.165, 1.54) is 6.92 Å². The molecule has 0 unspecified atom stereocenters. The summed E-state index contributed by atoms with van der Waals surface area (Å²) >= 11 is 0. The number of anilines is 3. The Balaban J connectivity index is 2.13. The highest BCUT2D eigenvalue weighted by Crippen LogP contribution is 2.34. The molecule has 0 aliphatic heterocycles. The molecule has 0 aliphatic rings. The average molecular weight is 473 g/mol. The molecule has 3 rings (SSSR count). The summed E-state index contributed by atoms with van der Waals surface area (Å²) in [6.07, 6.45) is 1.58. The summed E-state index contributed by atoms with van der Waals surface area (Å²) in [5, 5.41) is 10.4. The first-order valence-corrected chi connectivity index (χ1v) is 10.7. The lowest BCUT2D eigenvalue weighted by Gasteiger charge is -2.32. The highest BCUT2D eigenvalue weighted by molar-refractivity contribution is 5.89. The maximum absolute atomic E-state index is 13.9. The largest absolute Gasteiger partial charge is 0.339 e. The minimum atomic E-state index is -3.20. The van der Waals surface area contributed by atoms with Gasteiger partial charge in [0.1, 0.15) is 11.6 Å².